The topological polar surface area (TPSA) is 71.4 Å². The van der Waals surface area contributed by atoms with E-state index in [1.54, 1.807) is 32.0 Å². The molecule has 1 heterocycles. The monoisotopic (exact) mass is 246 g/mol. The lowest BCUT2D eigenvalue weighted by Crippen LogP contribution is -2.42. The molecular weight excluding hydrogens is 232 g/mol. The Balaban J connectivity index is 2.29. The quantitative estimate of drug-likeness (QED) is 0.858. The summed E-state index contributed by atoms with van der Waals surface area (Å²) >= 11 is 0. The summed E-state index contributed by atoms with van der Waals surface area (Å²) < 4.78 is 10.9. The van der Waals surface area contributed by atoms with Crippen molar-refractivity contribution in [2.75, 3.05) is 13.2 Å². The highest BCUT2D eigenvalue weighted by atomic mass is 16.6. The van der Waals surface area contributed by atoms with Crippen LogP contribution >= 0.6 is 0 Å². The van der Waals surface area contributed by atoms with Gasteiger partial charge in [0, 0.05) is 0 Å². The first kappa shape index (κ1) is 12.2. The van der Waals surface area contributed by atoms with Gasteiger partial charge in [0.25, 0.3) is 5.91 Å². The molecule has 0 saturated heterocycles. The summed E-state index contributed by atoms with van der Waals surface area (Å²) in [5.74, 6) is 0.655. The van der Waals surface area contributed by atoms with E-state index in [0.29, 0.717) is 30.3 Å². The van der Waals surface area contributed by atoms with Crippen LogP contribution in [0.3, 0.4) is 0 Å². The predicted octanol–water partition coefficient (Wildman–Crippen LogP) is 1.49. The molecule has 1 aliphatic rings. The van der Waals surface area contributed by atoms with Crippen LogP contribution in [0.25, 0.3) is 0 Å². The molecule has 94 valence electrons. The molecule has 1 aromatic rings. The van der Waals surface area contributed by atoms with E-state index in [1.807, 2.05) is 6.07 Å². The summed E-state index contributed by atoms with van der Waals surface area (Å²) in [7, 11) is 0. The Labute approximate surface area is 105 Å². The zero-order valence-electron chi connectivity index (χ0n) is 10.3. The highest BCUT2D eigenvalue weighted by Gasteiger charge is 2.25. The largest absolute Gasteiger partial charge is 0.486 e. The Morgan fingerprint density at radius 2 is 2.11 bits per heavy atom. The average Bonchev–Trinajstić information content (AvgIpc) is 2.37. The van der Waals surface area contributed by atoms with Gasteiger partial charge in [-0.1, -0.05) is 6.07 Å². The molecule has 0 unspecified atom stereocenters. The van der Waals surface area contributed by atoms with Gasteiger partial charge in [0.2, 0.25) is 0 Å². The number of hydrogen-bond donors (Lipinski definition) is 1. The zero-order chi connectivity index (χ0) is 13.2. The molecule has 0 fully saturated rings. The van der Waals surface area contributed by atoms with Crippen molar-refractivity contribution in [3.05, 3.63) is 23.8 Å². The fourth-order valence-corrected chi connectivity index (χ4v) is 1.63. The van der Waals surface area contributed by atoms with Crippen molar-refractivity contribution in [2.45, 2.75) is 19.4 Å². The first-order valence-electron chi connectivity index (χ1n) is 5.66. The maximum absolute atomic E-state index is 12.1. The molecule has 0 bridgehead atoms. The highest BCUT2D eigenvalue weighted by molar-refractivity contribution is 5.98. The van der Waals surface area contributed by atoms with E-state index in [2.05, 4.69) is 5.32 Å². The van der Waals surface area contributed by atoms with Gasteiger partial charge in [-0.05, 0) is 26.0 Å². The van der Waals surface area contributed by atoms with Crippen molar-refractivity contribution in [2.24, 2.45) is 0 Å². The minimum atomic E-state index is -0.921. The van der Waals surface area contributed by atoms with E-state index in [-0.39, 0.29) is 5.91 Å². The van der Waals surface area contributed by atoms with E-state index in [0.717, 1.165) is 0 Å². The first-order valence-corrected chi connectivity index (χ1v) is 5.66. The summed E-state index contributed by atoms with van der Waals surface area (Å²) in [5, 5.41) is 11.5. The summed E-state index contributed by atoms with van der Waals surface area (Å²) in [6, 6.07) is 7.14. The predicted molar refractivity (Wildman–Crippen MR) is 64.6 cm³/mol. The van der Waals surface area contributed by atoms with Crippen molar-refractivity contribution < 1.29 is 14.3 Å². The summed E-state index contributed by atoms with van der Waals surface area (Å²) in [6.45, 7) is 4.16. The van der Waals surface area contributed by atoms with Gasteiger partial charge in [0.05, 0.1) is 11.6 Å². The van der Waals surface area contributed by atoms with Crippen molar-refractivity contribution >= 4 is 5.91 Å². The standard InChI is InChI=1S/C13H14N2O3/c1-13(2,8-14)15-12(16)9-4-3-5-10-11(9)18-7-6-17-10/h3-5H,6-7H2,1-2H3,(H,15,16). The number of fused-ring (bicyclic) bond motifs is 1. The number of para-hydroxylation sites is 1. The number of rotatable bonds is 2. The lowest BCUT2D eigenvalue weighted by molar-refractivity contribution is 0.0918. The molecule has 0 atom stereocenters. The fraction of sp³-hybridized carbons (Fsp3) is 0.385. The Kier molecular flexibility index (Phi) is 3.11. The number of nitrogens with one attached hydrogen (secondary N) is 1. The third-order valence-corrected chi connectivity index (χ3v) is 2.52. The van der Waals surface area contributed by atoms with E-state index >= 15 is 0 Å². The molecule has 18 heavy (non-hydrogen) atoms. The molecule has 0 aliphatic carbocycles. The fourth-order valence-electron chi connectivity index (χ4n) is 1.63. The Morgan fingerprint density at radius 1 is 1.39 bits per heavy atom. The third-order valence-electron chi connectivity index (χ3n) is 2.52. The second kappa shape index (κ2) is 4.57. The maximum Gasteiger partial charge on any atom is 0.256 e. The number of carbonyl (C=O) groups is 1. The molecular formula is C13H14N2O3. The number of nitrogens with zero attached hydrogens (tertiary/aromatic N) is 1. The molecule has 0 radical (unpaired) electrons. The Hall–Kier alpha value is -2.22. The average molecular weight is 246 g/mol. The van der Waals surface area contributed by atoms with Crippen LogP contribution in [0, 0.1) is 11.3 Å². The van der Waals surface area contributed by atoms with Gasteiger partial charge in [-0.3, -0.25) is 4.79 Å². The molecule has 5 heteroatoms. The molecule has 0 spiro atoms. The van der Waals surface area contributed by atoms with Gasteiger partial charge in [-0.15, -0.1) is 0 Å². The zero-order valence-corrected chi connectivity index (χ0v) is 10.3. The molecule has 0 saturated carbocycles. The van der Waals surface area contributed by atoms with Crippen LogP contribution in [0.15, 0.2) is 18.2 Å². The number of benzene rings is 1. The number of ether oxygens (including phenoxy) is 2. The molecule has 1 aliphatic heterocycles. The van der Waals surface area contributed by atoms with Crippen LogP contribution in [-0.4, -0.2) is 24.7 Å². The SMILES string of the molecule is CC(C)(C#N)NC(=O)c1cccc2c1OCCO2. The smallest absolute Gasteiger partial charge is 0.256 e. The Bertz CT molecular complexity index is 517. The highest BCUT2D eigenvalue weighted by Crippen LogP contribution is 2.33. The van der Waals surface area contributed by atoms with E-state index in [1.165, 1.54) is 0 Å². The lowest BCUT2D eigenvalue weighted by atomic mass is 10.1. The van der Waals surface area contributed by atoms with Crippen LogP contribution in [0.4, 0.5) is 0 Å². The van der Waals surface area contributed by atoms with Crippen molar-refractivity contribution in [3.63, 3.8) is 0 Å². The van der Waals surface area contributed by atoms with E-state index in [4.69, 9.17) is 14.7 Å². The van der Waals surface area contributed by atoms with Gasteiger partial charge < -0.3 is 14.8 Å². The number of amides is 1. The summed E-state index contributed by atoms with van der Waals surface area (Å²) in [6.07, 6.45) is 0. The third kappa shape index (κ3) is 2.38. The van der Waals surface area contributed by atoms with Gasteiger partial charge in [0.1, 0.15) is 18.8 Å². The van der Waals surface area contributed by atoms with Crippen molar-refractivity contribution in [3.8, 4) is 17.6 Å². The molecule has 0 aromatic heterocycles. The van der Waals surface area contributed by atoms with Crippen molar-refractivity contribution in [1.29, 1.82) is 5.26 Å². The number of hydrogen-bond acceptors (Lipinski definition) is 4. The second-order valence-corrected chi connectivity index (χ2v) is 4.52. The second-order valence-electron chi connectivity index (χ2n) is 4.52. The van der Waals surface area contributed by atoms with Crippen LogP contribution in [-0.2, 0) is 0 Å². The molecule has 1 N–H and O–H groups in total. The minimum Gasteiger partial charge on any atom is -0.486 e. The van der Waals surface area contributed by atoms with Gasteiger partial charge in [0.15, 0.2) is 11.5 Å². The van der Waals surface area contributed by atoms with E-state index in [9.17, 15) is 4.79 Å². The maximum atomic E-state index is 12.1. The number of nitriles is 1. The van der Waals surface area contributed by atoms with Crippen LogP contribution in [0.2, 0.25) is 0 Å². The Morgan fingerprint density at radius 3 is 2.83 bits per heavy atom. The van der Waals surface area contributed by atoms with Crippen LogP contribution in [0.5, 0.6) is 11.5 Å². The van der Waals surface area contributed by atoms with Gasteiger partial charge in [-0.2, -0.15) is 5.26 Å². The molecule has 5 nitrogen and oxygen atoms in total. The van der Waals surface area contributed by atoms with E-state index < -0.39 is 5.54 Å². The minimum absolute atomic E-state index is 0.344. The lowest BCUT2D eigenvalue weighted by Gasteiger charge is -2.22. The normalized spacial score (nSPS) is 13.6. The summed E-state index contributed by atoms with van der Waals surface area (Å²) in [5.41, 5.74) is -0.537. The summed E-state index contributed by atoms with van der Waals surface area (Å²) in [4.78, 5) is 12.1. The molecule has 1 amide bonds. The first-order chi connectivity index (χ1) is 8.53. The van der Waals surface area contributed by atoms with Crippen LogP contribution in [0.1, 0.15) is 24.2 Å². The van der Waals surface area contributed by atoms with Gasteiger partial charge >= 0.3 is 0 Å². The molecule has 2 rings (SSSR count). The number of carbonyl (C=O) groups excluding carboxylic acids is 1. The molecule has 1 aromatic carbocycles. The van der Waals surface area contributed by atoms with Gasteiger partial charge in [-0.25, -0.2) is 0 Å². The van der Waals surface area contributed by atoms with Crippen LogP contribution < -0.4 is 14.8 Å². The van der Waals surface area contributed by atoms with Crippen molar-refractivity contribution in [1.82, 2.24) is 5.32 Å².